The van der Waals surface area contributed by atoms with E-state index in [1.165, 1.54) is 16.4 Å². The minimum Gasteiger partial charge on any atom is -0.467 e. The number of nitrogens with zero attached hydrogens (tertiary/aromatic N) is 2. The molecule has 0 amide bonds. The summed E-state index contributed by atoms with van der Waals surface area (Å²) in [6.07, 6.45) is 1.55. The number of β-amino-alcohol motifs (C(OH)–C–C–N with tert-alkyl or cyclic N) is 1. The lowest BCUT2D eigenvalue weighted by molar-refractivity contribution is 0.00586. The number of sulfonamides is 1. The molecule has 1 aromatic carbocycles. The molecule has 3 rings (SSSR count). The minimum absolute atomic E-state index is 0.0914. The van der Waals surface area contributed by atoms with E-state index in [1.54, 1.807) is 18.4 Å². The van der Waals surface area contributed by atoms with Crippen LogP contribution < -0.4 is 0 Å². The van der Waals surface area contributed by atoms with Crippen LogP contribution in [0.1, 0.15) is 12.2 Å². The van der Waals surface area contributed by atoms with E-state index in [1.807, 2.05) is 4.90 Å². The summed E-state index contributed by atoms with van der Waals surface area (Å²) in [5, 5.41) is 10.2. The van der Waals surface area contributed by atoms with Gasteiger partial charge in [0.2, 0.25) is 10.0 Å². The van der Waals surface area contributed by atoms with Gasteiger partial charge in [0.25, 0.3) is 0 Å². The van der Waals surface area contributed by atoms with Crippen LogP contribution in [0.15, 0.2) is 52.0 Å². The fourth-order valence-corrected chi connectivity index (χ4v) is 4.64. The van der Waals surface area contributed by atoms with Gasteiger partial charge in [0.15, 0.2) is 0 Å². The van der Waals surface area contributed by atoms with Crippen LogP contribution in [0.5, 0.6) is 0 Å². The molecule has 0 bridgehead atoms. The highest BCUT2D eigenvalue weighted by molar-refractivity contribution is 7.89. The first kappa shape index (κ1) is 20.9. The number of rotatable bonds is 8. The molecule has 154 valence electrons. The molecule has 0 saturated carbocycles. The number of halogens is 1. The van der Waals surface area contributed by atoms with Gasteiger partial charge in [0, 0.05) is 26.2 Å². The van der Waals surface area contributed by atoms with Gasteiger partial charge in [0.1, 0.15) is 18.2 Å². The zero-order chi connectivity index (χ0) is 20.0. The molecule has 9 heteroatoms. The fourth-order valence-electron chi connectivity index (χ4n) is 3.17. The van der Waals surface area contributed by atoms with E-state index >= 15 is 0 Å². The fraction of sp³-hybridized carbons (Fsp3) is 0.474. The Bertz CT molecular complexity index is 827. The molecule has 7 nitrogen and oxygen atoms in total. The van der Waals surface area contributed by atoms with Crippen LogP contribution in [0, 0.1) is 5.82 Å². The molecule has 0 spiro atoms. The maximum absolute atomic E-state index is 13.1. The number of benzene rings is 1. The van der Waals surface area contributed by atoms with Crippen molar-refractivity contribution in [3.63, 3.8) is 0 Å². The highest BCUT2D eigenvalue weighted by Crippen LogP contribution is 2.18. The Hall–Kier alpha value is -1.78. The molecule has 1 aliphatic rings. The Morgan fingerprint density at radius 1 is 1.14 bits per heavy atom. The summed E-state index contributed by atoms with van der Waals surface area (Å²) in [6.45, 7) is 2.78. The number of ether oxygens (including phenoxy) is 1. The van der Waals surface area contributed by atoms with Crippen LogP contribution >= 0.6 is 0 Å². The third-order valence-electron chi connectivity index (χ3n) is 4.60. The van der Waals surface area contributed by atoms with Gasteiger partial charge in [-0.05, 0) is 49.4 Å². The summed E-state index contributed by atoms with van der Waals surface area (Å²) in [7, 11) is -3.65. The molecule has 0 radical (unpaired) electrons. The van der Waals surface area contributed by atoms with Gasteiger partial charge in [-0.1, -0.05) is 0 Å². The topological polar surface area (TPSA) is 83.2 Å². The van der Waals surface area contributed by atoms with Gasteiger partial charge in [0.05, 0.1) is 23.9 Å². The monoisotopic (exact) mass is 412 g/mol. The lowest BCUT2D eigenvalue weighted by Crippen LogP contribution is -2.38. The predicted molar refractivity (Wildman–Crippen MR) is 101 cm³/mol. The van der Waals surface area contributed by atoms with Crippen LogP contribution in [-0.4, -0.2) is 68.2 Å². The first-order chi connectivity index (χ1) is 13.4. The van der Waals surface area contributed by atoms with Crippen molar-refractivity contribution in [2.45, 2.75) is 24.0 Å². The van der Waals surface area contributed by atoms with Gasteiger partial charge in [-0.3, -0.25) is 4.90 Å². The zero-order valence-corrected chi connectivity index (χ0v) is 16.4. The molecule has 1 aliphatic heterocycles. The molecular weight excluding hydrogens is 387 g/mol. The van der Waals surface area contributed by atoms with Crippen molar-refractivity contribution < 1.29 is 27.1 Å². The summed E-state index contributed by atoms with van der Waals surface area (Å²) >= 11 is 0. The molecule has 2 aromatic rings. The lowest BCUT2D eigenvalue weighted by Gasteiger charge is -2.23. The van der Waals surface area contributed by atoms with Gasteiger partial charge in [-0.15, -0.1) is 0 Å². The molecule has 0 aliphatic carbocycles. The van der Waals surface area contributed by atoms with Crippen LogP contribution in [-0.2, 0) is 21.4 Å². The first-order valence-electron chi connectivity index (χ1n) is 9.21. The highest BCUT2D eigenvalue weighted by Gasteiger charge is 2.27. The van der Waals surface area contributed by atoms with E-state index in [0.29, 0.717) is 51.5 Å². The number of aliphatic hydroxyl groups is 1. The second-order valence-electron chi connectivity index (χ2n) is 6.76. The quantitative estimate of drug-likeness (QED) is 0.711. The third kappa shape index (κ3) is 5.62. The normalized spacial score (nSPS) is 18.1. The van der Waals surface area contributed by atoms with Crippen molar-refractivity contribution in [2.24, 2.45) is 0 Å². The van der Waals surface area contributed by atoms with E-state index < -0.39 is 21.9 Å². The van der Waals surface area contributed by atoms with E-state index in [2.05, 4.69) is 0 Å². The van der Waals surface area contributed by atoms with Gasteiger partial charge < -0.3 is 14.3 Å². The first-order valence-corrected chi connectivity index (χ1v) is 10.7. The average molecular weight is 412 g/mol. The van der Waals surface area contributed by atoms with E-state index in [-0.39, 0.29) is 11.5 Å². The van der Waals surface area contributed by atoms with Gasteiger partial charge in [-0.25, -0.2) is 12.8 Å². The van der Waals surface area contributed by atoms with Crippen LogP contribution in [0.2, 0.25) is 0 Å². The summed E-state index contributed by atoms with van der Waals surface area (Å²) in [4.78, 5) is 2.12. The number of furan rings is 1. The second-order valence-corrected chi connectivity index (χ2v) is 8.70. The van der Waals surface area contributed by atoms with E-state index in [9.17, 15) is 17.9 Å². The molecule has 1 aromatic heterocycles. The Kier molecular flexibility index (Phi) is 7.19. The molecule has 28 heavy (non-hydrogen) atoms. The lowest BCUT2D eigenvalue weighted by atomic mass is 10.3. The van der Waals surface area contributed by atoms with Crippen LogP contribution in [0.25, 0.3) is 0 Å². The molecule has 1 fully saturated rings. The smallest absolute Gasteiger partial charge is 0.243 e. The standard InChI is InChI=1S/C19H25FN2O5S/c20-16-4-6-19(7-5-16)28(24,25)22-9-2-8-21(10-11-22)13-17(23)14-26-15-18-3-1-12-27-18/h1,3-7,12,17,23H,2,8-11,13-15H2. The van der Waals surface area contributed by atoms with Crippen molar-refractivity contribution in [1.29, 1.82) is 0 Å². The maximum atomic E-state index is 13.1. The summed E-state index contributed by atoms with van der Waals surface area (Å²) in [5.41, 5.74) is 0. The highest BCUT2D eigenvalue weighted by atomic mass is 32.2. The van der Waals surface area contributed by atoms with Crippen molar-refractivity contribution in [1.82, 2.24) is 9.21 Å². The van der Waals surface area contributed by atoms with Crippen LogP contribution in [0.3, 0.4) is 0 Å². The maximum Gasteiger partial charge on any atom is 0.243 e. The Morgan fingerprint density at radius 3 is 2.64 bits per heavy atom. The number of aliphatic hydroxyl groups excluding tert-OH is 1. The second kappa shape index (κ2) is 9.62. The summed E-state index contributed by atoms with van der Waals surface area (Å²) in [5.74, 6) is 0.229. The Labute approximate surface area is 164 Å². The summed E-state index contributed by atoms with van der Waals surface area (Å²) in [6, 6.07) is 8.45. The molecule has 1 unspecified atom stereocenters. The Morgan fingerprint density at radius 2 is 1.93 bits per heavy atom. The Balaban J connectivity index is 1.48. The van der Waals surface area contributed by atoms with Gasteiger partial charge in [-0.2, -0.15) is 4.31 Å². The van der Waals surface area contributed by atoms with E-state index in [4.69, 9.17) is 9.15 Å². The molecule has 2 heterocycles. The minimum atomic E-state index is -3.65. The zero-order valence-electron chi connectivity index (χ0n) is 15.5. The molecule has 1 atom stereocenters. The SMILES string of the molecule is O=S(=O)(c1ccc(F)cc1)N1CCCN(CC(O)COCc2ccco2)CC1. The summed E-state index contributed by atoms with van der Waals surface area (Å²) < 4.78 is 50.6. The number of hydrogen-bond acceptors (Lipinski definition) is 6. The van der Waals surface area contributed by atoms with Gasteiger partial charge >= 0.3 is 0 Å². The largest absolute Gasteiger partial charge is 0.467 e. The average Bonchev–Trinajstić information content (AvgIpc) is 3.06. The van der Waals surface area contributed by atoms with Crippen molar-refractivity contribution in [3.8, 4) is 0 Å². The van der Waals surface area contributed by atoms with Crippen molar-refractivity contribution >= 4 is 10.0 Å². The predicted octanol–water partition coefficient (Wildman–Crippen LogP) is 1.69. The number of hydrogen-bond donors (Lipinski definition) is 1. The van der Waals surface area contributed by atoms with E-state index in [0.717, 1.165) is 12.1 Å². The molecular formula is C19H25FN2O5S. The van der Waals surface area contributed by atoms with Crippen molar-refractivity contribution in [3.05, 3.63) is 54.2 Å². The molecule has 1 saturated heterocycles. The van der Waals surface area contributed by atoms with Crippen molar-refractivity contribution in [2.75, 3.05) is 39.3 Å². The molecule has 1 N–H and O–H groups in total. The van der Waals surface area contributed by atoms with Crippen LogP contribution in [0.4, 0.5) is 4.39 Å². The third-order valence-corrected chi connectivity index (χ3v) is 6.52.